The average molecular weight is 272 g/mol. The zero-order chi connectivity index (χ0) is 12.4. The zero-order valence-electron chi connectivity index (χ0n) is 9.49. The first-order valence-electron chi connectivity index (χ1n) is 4.67. The van der Waals surface area contributed by atoms with E-state index >= 15 is 0 Å². The third-order valence-corrected chi connectivity index (χ3v) is 2.91. The molecule has 0 radical (unpaired) electrons. The molecular formula is C8H10ClN7S. The highest BCUT2D eigenvalue weighted by molar-refractivity contribution is 7.99. The molecule has 0 saturated carbocycles. The van der Waals surface area contributed by atoms with Crippen LogP contribution in [-0.2, 0) is 7.05 Å². The Labute approximate surface area is 107 Å². The van der Waals surface area contributed by atoms with Gasteiger partial charge in [-0.15, -0.1) is 10.2 Å². The van der Waals surface area contributed by atoms with Crippen LogP contribution < -0.4 is 4.90 Å². The number of halogens is 1. The van der Waals surface area contributed by atoms with E-state index in [1.807, 2.05) is 21.1 Å². The summed E-state index contributed by atoms with van der Waals surface area (Å²) in [6.45, 7) is 0. The SMILES string of the molecule is CN(C)c1nc(Cl)nc(Sc2nncn2C)n1. The highest BCUT2D eigenvalue weighted by atomic mass is 35.5. The lowest BCUT2D eigenvalue weighted by Crippen LogP contribution is -2.13. The molecule has 2 aromatic heterocycles. The molecule has 7 nitrogen and oxygen atoms in total. The van der Waals surface area contributed by atoms with E-state index < -0.39 is 0 Å². The minimum absolute atomic E-state index is 0.161. The van der Waals surface area contributed by atoms with Gasteiger partial charge in [-0.1, -0.05) is 0 Å². The first-order chi connectivity index (χ1) is 8.06. The molecule has 0 aliphatic rings. The molecule has 90 valence electrons. The third kappa shape index (κ3) is 2.83. The summed E-state index contributed by atoms with van der Waals surface area (Å²) in [7, 11) is 5.52. The monoisotopic (exact) mass is 271 g/mol. The minimum Gasteiger partial charge on any atom is -0.347 e. The molecule has 17 heavy (non-hydrogen) atoms. The predicted molar refractivity (Wildman–Crippen MR) is 64.3 cm³/mol. The molecule has 0 aliphatic carbocycles. The Bertz CT molecular complexity index is 526. The molecule has 2 rings (SSSR count). The molecule has 0 fully saturated rings. The van der Waals surface area contributed by atoms with E-state index in [0.29, 0.717) is 16.3 Å². The van der Waals surface area contributed by atoms with Crippen LogP contribution >= 0.6 is 23.4 Å². The van der Waals surface area contributed by atoms with Gasteiger partial charge in [0.1, 0.15) is 6.33 Å². The van der Waals surface area contributed by atoms with Crippen molar-refractivity contribution < 1.29 is 0 Å². The summed E-state index contributed by atoms with van der Waals surface area (Å²) >= 11 is 7.11. The molecular weight excluding hydrogens is 262 g/mol. The maximum atomic E-state index is 5.83. The van der Waals surface area contributed by atoms with E-state index in [9.17, 15) is 0 Å². The Kier molecular flexibility index (Phi) is 3.43. The van der Waals surface area contributed by atoms with E-state index in [-0.39, 0.29) is 5.28 Å². The second-order valence-corrected chi connectivity index (χ2v) is 4.68. The largest absolute Gasteiger partial charge is 0.347 e. The molecule has 0 amide bonds. The van der Waals surface area contributed by atoms with Crippen LogP contribution in [0.5, 0.6) is 0 Å². The maximum Gasteiger partial charge on any atom is 0.230 e. The lowest BCUT2D eigenvalue weighted by Gasteiger charge is -2.10. The molecule has 2 heterocycles. The summed E-state index contributed by atoms with van der Waals surface area (Å²) in [6, 6.07) is 0. The minimum atomic E-state index is 0.161. The summed E-state index contributed by atoms with van der Waals surface area (Å²) in [6.07, 6.45) is 1.61. The lowest BCUT2D eigenvalue weighted by molar-refractivity contribution is 0.780. The summed E-state index contributed by atoms with van der Waals surface area (Å²) in [5, 5.41) is 9.05. The van der Waals surface area contributed by atoms with Gasteiger partial charge in [0.05, 0.1) is 0 Å². The van der Waals surface area contributed by atoms with Crippen LogP contribution in [0.4, 0.5) is 5.95 Å². The summed E-state index contributed by atoms with van der Waals surface area (Å²) in [5.41, 5.74) is 0. The van der Waals surface area contributed by atoms with Gasteiger partial charge in [0.15, 0.2) is 5.16 Å². The van der Waals surface area contributed by atoms with E-state index in [4.69, 9.17) is 11.6 Å². The number of hydrogen-bond donors (Lipinski definition) is 0. The fraction of sp³-hybridized carbons (Fsp3) is 0.375. The van der Waals surface area contributed by atoms with E-state index in [1.54, 1.807) is 15.8 Å². The van der Waals surface area contributed by atoms with Crippen LogP contribution in [0.3, 0.4) is 0 Å². The van der Waals surface area contributed by atoms with Crippen LogP contribution in [0.2, 0.25) is 5.28 Å². The van der Waals surface area contributed by atoms with Gasteiger partial charge in [0.2, 0.25) is 16.4 Å². The highest BCUT2D eigenvalue weighted by Gasteiger charge is 2.10. The molecule has 0 aromatic carbocycles. The third-order valence-electron chi connectivity index (χ3n) is 1.83. The zero-order valence-corrected chi connectivity index (χ0v) is 11.1. The fourth-order valence-electron chi connectivity index (χ4n) is 1.01. The first-order valence-corrected chi connectivity index (χ1v) is 5.86. The van der Waals surface area contributed by atoms with Crippen LogP contribution in [0.15, 0.2) is 16.6 Å². The van der Waals surface area contributed by atoms with Gasteiger partial charge < -0.3 is 9.47 Å². The van der Waals surface area contributed by atoms with Gasteiger partial charge in [-0.05, 0) is 23.4 Å². The molecule has 0 unspecified atom stereocenters. The number of nitrogens with zero attached hydrogens (tertiary/aromatic N) is 7. The molecule has 0 atom stereocenters. The Morgan fingerprint density at radius 2 is 2.06 bits per heavy atom. The Morgan fingerprint density at radius 3 is 2.65 bits per heavy atom. The van der Waals surface area contributed by atoms with Crippen molar-refractivity contribution in [3.63, 3.8) is 0 Å². The molecule has 0 saturated heterocycles. The predicted octanol–water partition coefficient (Wildman–Crippen LogP) is 0.871. The number of aryl methyl sites for hydroxylation is 1. The van der Waals surface area contributed by atoms with Crippen molar-refractivity contribution in [2.75, 3.05) is 19.0 Å². The maximum absolute atomic E-state index is 5.83. The molecule has 0 aliphatic heterocycles. The Balaban J connectivity index is 2.30. The van der Waals surface area contributed by atoms with E-state index in [0.717, 1.165) is 0 Å². The van der Waals surface area contributed by atoms with Crippen LogP contribution in [0.25, 0.3) is 0 Å². The Morgan fingerprint density at radius 1 is 1.29 bits per heavy atom. The molecule has 0 bridgehead atoms. The highest BCUT2D eigenvalue weighted by Crippen LogP contribution is 2.23. The standard InChI is InChI=1S/C8H10ClN7S/c1-15(2)6-11-5(9)12-7(13-6)17-8-14-10-4-16(8)3/h4H,1-3H3. The number of anilines is 1. The first kappa shape index (κ1) is 12.1. The van der Waals surface area contributed by atoms with Gasteiger partial charge in [0.25, 0.3) is 0 Å². The summed E-state index contributed by atoms with van der Waals surface area (Å²) < 4.78 is 1.78. The van der Waals surface area contributed by atoms with Gasteiger partial charge in [-0.2, -0.15) is 15.0 Å². The number of rotatable bonds is 3. The number of hydrogen-bond acceptors (Lipinski definition) is 7. The van der Waals surface area contributed by atoms with Crippen molar-refractivity contribution in [3.05, 3.63) is 11.6 Å². The Hall–Kier alpha value is -1.41. The van der Waals surface area contributed by atoms with Gasteiger partial charge in [-0.25, -0.2) is 0 Å². The molecule has 0 spiro atoms. The summed E-state index contributed by atoms with van der Waals surface area (Å²) in [5.74, 6) is 0.509. The second-order valence-electron chi connectivity index (χ2n) is 3.41. The summed E-state index contributed by atoms with van der Waals surface area (Å²) in [4.78, 5) is 14.0. The van der Waals surface area contributed by atoms with Crippen LogP contribution in [0.1, 0.15) is 0 Å². The number of aromatic nitrogens is 6. The van der Waals surface area contributed by atoms with Crippen molar-refractivity contribution in [2.24, 2.45) is 7.05 Å². The van der Waals surface area contributed by atoms with Crippen LogP contribution in [-0.4, -0.2) is 43.8 Å². The normalized spacial score (nSPS) is 10.6. The van der Waals surface area contributed by atoms with Gasteiger partial charge in [-0.3, -0.25) is 0 Å². The van der Waals surface area contributed by atoms with Gasteiger partial charge in [0, 0.05) is 21.1 Å². The van der Waals surface area contributed by atoms with Crippen LogP contribution in [0, 0.1) is 0 Å². The van der Waals surface area contributed by atoms with Crippen molar-refractivity contribution >= 4 is 29.3 Å². The van der Waals surface area contributed by atoms with E-state index in [1.165, 1.54) is 11.8 Å². The van der Waals surface area contributed by atoms with Gasteiger partial charge >= 0.3 is 0 Å². The molecule has 9 heteroatoms. The van der Waals surface area contributed by atoms with Crippen molar-refractivity contribution in [1.82, 2.24) is 29.7 Å². The van der Waals surface area contributed by atoms with E-state index in [2.05, 4.69) is 25.1 Å². The molecule has 2 aromatic rings. The topological polar surface area (TPSA) is 72.6 Å². The fourth-order valence-corrected chi connectivity index (χ4v) is 1.92. The van der Waals surface area contributed by atoms with Crippen molar-refractivity contribution in [1.29, 1.82) is 0 Å². The van der Waals surface area contributed by atoms with Crippen molar-refractivity contribution in [3.8, 4) is 0 Å². The molecule has 0 N–H and O–H groups in total. The smallest absolute Gasteiger partial charge is 0.230 e. The lowest BCUT2D eigenvalue weighted by atomic mass is 10.8. The second kappa shape index (κ2) is 4.84. The average Bonchev–Trinajstić information content (AvgIpc) is 2.63. The van der Waals surface area contributed by atoms with Crippen molar-refractivity contribution in [2.45, 2.75) is 10.3 Å². The quantitative estimate of drug-likeness (QED) is 0.820.